The van der Waals surface area contributed by atoms with Crippen molar-refractivity contribution in [1.82, 2.24) is 5.32 Å². The summed E-state index contributed by atoms with van der Waals surface area (Å²) >= 11 is 0. The van der Waals surface area contributed by atoms with E-state index in [0.717, 1.165) is 12.3 Å². The Morgan fingerprint density at radius 1 is 1.22 bits per heavy atom. The van der Waals surface area contributed by atoms with Gasteiger partial charge in [-0.1, -0.05) is 31.9 Å². The zero-order chi connectivity index (χ0) is 13.0. The average molecular weight is 249 g/mol. The van der Waals surface area contributed by atoms with E-state index in [9.17, 15) is 4.39 Å². The van der Waals surface area contributed by atoms with Crippen molar-refractivity contribution in [3.05, 3.63) is 35.6 Å². The van der Waals surface area contributed by atoms with Gasteiger partial charge in [-0.3, -0.25) is 0 Å². The third kappa shape index (κ3) is 3.32. The van der Waals surface area contributed by atoms with Gasteiger partial charge in [0.15, 0.2) is 0 Å². The summed E-state index contributed by atoms with van der Waals surface area (Å²) in [5.41, 5.74) is 1.20. The molecule has 1 nitrogen and oxygen atoms in total. The minimum atomic E-state index is -0.155. The number of halogens is 1. The fourth-order valence-electron chi connectivity index (χ4n) is 3.06. The van der Waals surface area contributed by atoms with Crippen LogP contribution >= 0.6 is 0 Å². The third-order valence-corrected chi connectivity index (χ3v) is 4.25. The molecule has 1 aromatic carbocycles. The van der Waals surface area contributed by atoms with Crippen molar-refractivity contribution in [3.63, 3.8) is 0 Å². The van der Waals surface area contributed by atoms with Crippen LogP contribution in [0.2, 0.25) is 0 Å². The molecule has 0 spiro atoms. The summed E-state index contributed by atoms with van der Waals surface area (Å²) < 4.78 is 12.9. The maximum absolute atomic E-state index is 12.9. The van der Waals surface area contributed by atoms with E-state index in [-0.39, 0.29) is 5.82 Å². The Kier molecular flexibility index (Phi) is 4.76. The van der Waals surface area contributed by atoms with Gasteiger partial charge >= 0.3 is 0 Å². The predicted molar refractivity (Wildman–Crippen MR) is 74.0 cm³/mol. The van der Waals surface area contributed by atoms with E-state index in [1.807, 2.05) is 12.1 Å². The molecular formula is C16H24FN. The number of hydrogen-bond donors (Lipinski definition) is 1. The average Bonchev–Trinajstić information content (AvgIpc) is 2.91. The fourth-order valence-corrected chi connectivity index (χ4v) is 3.06. The van der Waals surface area contributed by atoms with E-state index in [2.05, 4.69) is 19.2 Å². The van der Waals surface area contributed by atoms with Gasteiger partial charge in [0.05, 0.1) is 0 Å². The molecule has 1 aliphatic rings. The van der Waals surface area contributed by atoms with Crippen molar-refractivity contribution in [1.29, 1.82) is 0 Å². The van der Waals surface area contributed by atoms with Crippen LogP contribution in [0.3, 0.4) is 0 Å². The summed E-state index contributed by atoms with van der Waals surface area (Å²) in [7, 11) is 0. The number of benzene rings is 1. The maximum atomic E-state index is 12.9. The second kappa shape index (κ2) is 6.33. The van der Waals surface area contributed by atoms with Gasteiger partial charge in [-0.25, -0.2) is 4.39 Å². The lowest BCUT2D eigenvalue weighted by molar-refractivity contribution is 0.339. The highest BCUT2D eigenvalue weighted by Crippen LogP contribution is 2.29. The summed E-state index contributed by atoms with van der Waals surface area (Å²) in [5, 5.41) is 3.72. The molecule has 1 saturated carbocycles. The quantitative estimate of drug-likeness (QED) is 0.813. The van der Waals surface area contributed by atoms with E-state index in [4.69, 9.17) is 0 Å². The molecule has 0 saturated heterocycles. The van der Waals surface area contributed by atoms with Gasteiger partial charge in [-0.2, -0.15) is 0 Å². The van der Waals surface area contributed by atoms with E-state index in [1.165, 1.54) is 31.2 Å². The molecule has 1 aromatic rings. The molecule has 2 heteroatoms. The summed E-state index contributed by atoms with van der Waals surface area (Å²) in [6.45, 7) is 4.48. The Labute approximate surface area is 110 Å². The van der Waals surface area contributed by atoms with Gasteiger partial charge in [0.2, 0.25) is 0 Å². The van der Waals surface area contributed by atoms with Crippen LogP contribution in [0.15, 0.2) is 24.3 Å². The number of nitrogens with one attached hydrogen (secondary N) is 1. The van der Waals surface area contributed by atoms with Crippen LogP contribution < -0.4 is 5.32 Å². The second-order valence-electron chi connectivity index (χ2n) is 5.51. The largest absolute Gasteiger partial charge is 0.307 e. The first-order valence-electron chi connectivity index (χ1n) is 7.22. The highest BCUT2D eigenvalue weighted by atomic mass is 19.1. The van der Waals surface area contributed by atoms with E-state index < -0.39 is 0 Å². The Bertz CT molecular complexity index is 354. The normalized spacial score (nSPS) is 19.9. The molecule has 18 heavy (non-hydrogen) atoms. The van der Waals surface area contributed by atoms with Gasteiger partial charge < -0.3 is 5.32 Å². The van der Waals surface area contributed by atoms with Crippen molar-refractivity contribution in [2.24, 2.45) is 5.92 Å². The van der Waals surface area contributed by atoms with Crippen molar-refractivity contribution in [3.8, 4) is 0 Å². The van der Waals surface area contributed by atoms with Crippen LogP contribution in [-0.4, -0.2) is 6.04 Å². The smallest absolute Gasteiger partial charge is 0.123 e. The lowest BCUT2D eigenvalue weighted by atomic mass is 9.96. The Morgan fingerprint density at radius 2 is 1.83 bits per heavy atom. The third-order valence-electron chi connectivity index (χ3n) is 4.25. The first kappa shape index (κ1) is 13.5. The van der Waals surface area contributed by atoms with E-state index >= 15 is 0 Å². The molecule has 0 amide bonds. The standard InChI is InChI=1S/C16H24FN/c1-3-16(14-8-10-15(17)11-9-14)18-12(2)13-6-4-5-7-13/h8-13,16,18H,3-7H2,1-2H3/t12-,16?/m0/s1. The monoisotopic (exact) mass is 249 g/mol. The van der Waals surface area contributed by atoms with Gasteiger partial charge in [0.25, 0.3) is 0 Å². The molecule has 0 radical (unpaired) electrons. The van der Waals surface area contributed by atoms with Gasteiger partial charge in [-0.05, 0) is 49.8 Å². The van der Waals surface area contributed by atoms with Gasteiger partial charge in [0, 0.05) is 12.1 Å². The minimum absolute atomic E-state index is 0.155. The molecule has 0 heterocycles. The highest BCUT2D eigenvalue weighted by molar-refractivity contribution is 5.20. The van der Waals surface area contributed by atoms with Crippen molar-refractivity contribution < 1.29 is 4.39 Å². The Morgan fingerprint density at radius 3 is 2.39 bits per heavy atom. The first-order valence-corrected chi connectivity index (χ1v) is 7.22. The Balaban J connectivity index is 1.97. The van der Waals surface area contributed by atoms with Crippen LogP contribution in [0, 0.1) is 11.7 Å². The lowest BCUT2D eigenvalue weighted by Crippen LogP contribution is -2.35. The van der Waals surface area contributed by atoms with Crippen LogP contribution in [0.1, 0.15) is 57.6 Å². The Hall–Kier alpha value is -0.890. The summed E-state index contributed by atoms with van der Waals surface area (Å²) in [6, 6.07) is 7.82. The van der Waals surface area contributed by atoms with Crippen LogP contribution in [0.25, 0.3) is 0 Å². The van der Waals surface area contributed by atoms with E-state index in [1.54, 1.807) is 12.1 Å². The molecule has 1 unspecified atom stereocenters. The summed E-state index contributed by atoms with van der Waals surface area (Å²) in [6.07, 6.45) is 6.51. The van der Waals surface area contributed by atoms with Crippen molar-refractivity contribution in [2.75, 3.05) is 0 Å². The summed E-state index contributed by atoms with van der Waals surface area (Å²) in [4.78, 5) is 0. The zero-order valence-electron chi connectivity index (χ0n) is 11.5. The summed E-state index contributed by atoms with van der Waals surface area (Å²) in [5.74, 6) is 0.664. The second-order valence-corrected chi connectivity index (χ2v) is 5.51. The number of rotatable bonds is 5. The fraction of sp³-hybridized carbons (Fsp3) is 0.625. The molecule has 2 rings (SSSR count). The molecule has 100 valence electrons. The molecule has 1 aliphatic carbocycles. The minimum Gasteiger partial charge on any atom is -0.307 e. The van der Waals surface area contributed by atoms with Crippen molar-refractivity contribution >= 4 is 0 Å². The van der Waals surface area contributed by atoms with Crippen LogP contribution in [0.5, 0.6) is 0 Å². The molecule has 0 aromatic heterocycles. The molecule has 0 aliphatic heterocycles. The number of hydrogen-bond acceptors (Lipinski definition) is 1. The predicted octanol–water partition coefficient (Wildman–Crippen LogP) is 4.45. The molecule has 1 fully saturated rings. The molecule has 1 N–H and O–H groups in total. The molecular weight excluding hydrogens is 225 g/mol. The zero-order valence-corrected chi connectivity index (χ0v) is 11.5. The highest BCUT2D eigenvalue weighted by Gasteiger charge is 2.23. The van der Waals surface area contributed by atoms with Gasteiger partial charge in [-0.15, -0.1) is 0 Å². The van der Waals surface area contributed by atoms with E-state index in [0.29, 0.717) is 12.1 Å². The first-order chi connectivity index (χ1) is 8.70. The lowest BCUT2D eigenvalue weighted by Gasteiger charge is -2.27. The van der Waals surface area contributed by atoms with Crippen molar-refractivity contribution in [2.45, 2.75) is 58.0 Å². The van der Waals surface area contributed by atoms with Crippen LogP contribution in [0.4, 0.5) is 4.39 Å². The van der Waals surface area contributed by atoms with Gasteiger partial charge in [0.1, 0.15) is 5.82 Å². The van der Waals surface area contributed by atoms with Crippen LogP contribution in [-0.2, 0) is 0 Å². The topological polar surface area (TPSA) is 12.0 Å². The SMILES string of the molecule is CCC(N[C@@H](C)C1CCCC1)c1ccc(F)cc1. The molecule has 0 bridgehead atoms. The molecule has 2 atom stereocenters. The maximum Gasteiger partial charge on any atom is 0.123 e.